The van der Waals surface area contributed by atoms with Crippen LogP contribution in [0.15, 0.2) is 35.2 Å². The predicted octanol–water partition coefficient (Wildman–Crippen LogP) is 0.865. The topological polar surface area (TPSA) is 98.8 Å². The van der Waals surface area contributed by atoms with E-state index in [1.165, 1.54) is 4.31 Å². The molecule has 1 aromatic rings. The van der Waals surface area contributed by atoms with Crippen LogP contribution in [0.2, 0.25) is 0 Å². The van der Waals surface area contributed by atoms with Crippen LogP contribution in [-0.2, 0) is 14.8 Å². The molecular weight excluding hydrogens is 368 g/mol. The molecule has 0 aliphatic carbocycles. The summed E-state index contributed by atoms with van der Waals surface area (Å²) in [7, 11) is -3.51. The standard InChI is InChI=1S/C18H28N4O4S/c1-15(2)8-9-19-18(24)20-17(23)14-21-10-12-22(13-11-21)27(25,26)16-6-4-3-5-7-16/h3-7,15H,8-14H2,1-2H3,(H2,19,20,23,24). The van der Waals surface area contributed by atoms with Crippen molar-refractivity contribution in [2.45, 2.75) is 25.2 Å². The summed E-state index contributed by atoms with van der Waals surface area (Å²) in [5.74, 6) is 0.0841. The molecule has 1 fully saturated rings. The van der Waals surface area contributed by atoms with Crippen LogP contribution < -0.4 is 10.6 Å². The van der Waals surface area contributed by atoms with Crippen LogP contribution in [0.5, 0.6) is 0 Å². The molecule has 2 N–H and O–H groups in total. The Morgan fingerprint density at radius 3 is 2.30 bits per heavy atom. The molecule has 1 aliphatic heterocycles. The second-order valence-electron chi connectivity index (χ2n) is 6.98. The van der Waals surface area contributed by atoms with Crippen molar-refractivity contribution in [3.63, 3.8) is 0 Å². The van der Waals surface area contributed by atoms with Crippen LogP contribution in [0, 0.1) is 5.92 Å². The number of benzene rings is 1. The first-order valence-electron chi connectivity index (χ1n) is 9.14. The first-order chi connectivity index (χ1) is 12.8. The first-order valence-corrected chi connectivity index (χ1v) is 10.6. The van der Waals surface area contributed by atoms with Gasteiger partial charge in [0.2, 0.25) is 15.9 Å². The Bertz CT molecular complexity index is 729. The molecule has 0 saturated carbocycles. The Morgan fingerprint density at radius 2 is 1.70 bits per heavy atom. The van der Waals surface area contributed by atoms with Gasteiger partial charge in [-0.2, -0.15) is 4.31 Å². The zero-order valence-electron chi connectivity index (χ0n) is 15.8. The number of sulfonamides is 1. The van der Waals surface area contributed by atoms with Gasteiger partial charge in [0.05, 0.1) is 11.4 Å². The molecule has 0 aromatic heterocycles. The highest BCUT2D eigenvalue weighted by Crippen LogP contribution is 2.16. The van der Waals surface area contributed by atoms with Crippen LogP contribution >= 0.6 is 0 Å². The molecule has 1 aliphatic rings. The lowest BCUT2D eigenvalue weighted by Gasteiger charge is -2.33. The van der Waals surface area contributed by atoms with Crippen molar-refractivity contribution < 1.29 is 18.0 Å². The molecule has 0 bridgehead atoms. The van der Waals surface area contributed by atoms with Crippen molar-refractivity contribution in [2.75, 3.05) is 39.3 Å². The lowest BCUT2D eigenvalue weighted by atomic mass is 10.1. The van der Waals surface area contributed by atoms with Crippen LogP contribution in [0.4, 0.5) is 4.79 Å². The summed E-state index contributed by atoms with van der Waals surface area (Å²) in [5, 5.41) is 4.96. The molecule has 2 rings (SSSR count). The van der Waals surface area contributed by atoms with E-state index in [0.717, 1.165) is 6.42 Å². The van der Waals surface area contributed by atoms with E-state index in [1.54, 1.807) is 30.3 Å². The average Bonchev–Trinajstić information content (AvgIpc) is 2.62. The normalized spacial score (nSPS) is 16.3. The van der Waals surface area contributed by atoms with Gasteiger partial charge in [0, 0.05) is 32.7 Å². The third-order valence-electron chi connectivity index (χ3n) is 4.34. The van der Waals surface area contributed by atoms with E-state index in [0.29, 0.717) is 38.6 Å². The van der Waals surface area contributed by atoms with Crippen LogP contribution in [0.25, 0.3) is 0 Å². The maximum Gasteiger partial charge on any atom is 0.321 e. The molecule has 0 radical (unpaired) electrons. The summed E-state index contributed by atoms with van der Waals surface area (Å²) < 4.78 is 26.6. The highest BCUT2D eigenvalue weighted by Gasteiger charge is 2.29. The first kappa shape index (κ1) is 21.3. The highest BCUT2D eigenvalue weighted by atomic mass is 32.2. The number of piperazine rings is 1. The molecule has 0 atom stereocenters. The third-order valence-corrected chi connectivity index (χ3v) is 6.25. The number of carbonyl (C=O) groups is 2. The summed E-state index contributed by atoms with van der Waals surface area (Å²) in [4.78, 5) is 25.8. The molecule has 27 heavy (non-hydrogen) atoms. The van der Waals surface area contributed by atoms with Gasteiger partial charge in [-0.25, -0.2) is 13.2 Å². The number of hydrogen-bond acceptors (Lipinski definition) is 5. The van der Waals surface area contributed by atoms with Crippen molar-refractivity contribution in [1.29, 1.82) is 0 Å². The van der Waals surface area contributed by atoms with E-state index in [1.807, 2.05) is 4.90 Å². The lowest BCUT2D eigenvalue weighted by molar-refractivity contribution is -0.121. The second kappa shape index (κ2) is 9.82. The van der Waals surface area contributed by atoms with E-state index >= 15 is 0 Å². The van der Waals surface area contributed by atoms with Crippen molar-refractivity contribution in [3.05, 3.63) is 30.3 Å². The maximum atomic E-state index is 12.6. The van der Waals surface area contributed by atoms with Crippen molar-refractivity contribution >= 4 is 22.0 Å². The minimum atomic E-state index is -3.51. The SMILES string of the molecule is CC(C)CCNC(=O)NC(=O)CN1CCN(S(=O)(=O)c2ccccc2)CC1. The summed E-state index contributed by atoms with van der Waals surface area (Å²) in [5.41, 5.74) is 0. The van der Waals surface area contributed by atoms with E-state index in [4.69, 9.17) is 0 Å². The van der Waals surface area contributed by atoms with E-state index < -0.39 is 22.0 Å². The Hall–Kier alpha value is -1.97. The van der Waals surface area contributed by atoms with Gasteiger partial charge in [0.15, 0.2) is 0 Å². The molecule has 8 nitrogen and oxygen atoms in total. The molecule has 150 valence electrons. The number of urea groups is 1. The molecule has 1 aromatic carbocycles. The number of rotatable bonds is 7. The molecule has 1 heterocycles. The summed E-state index contributed by atoms with van der Waals surface area (Å²) >= 11 is 0. The van der Waals surface area contributed by atoms with Gasteiger partial charge in [0.25, 0.3) is 0 Å². The molecule has 1 saturated heterocycles. The fraction of sp³-hybridized carbons (Fsp3) is 0.556. The smallest absolute Gasteiger partial charge is 0.321 e. The fourth-order valence-electron chi connectivity index (χ4n) is 2.76. The minimum absolute atomic E-state index is 0.0663. The maximum absolute atomic E-state index is 12.6. The largest absolute Gasteiger partial charge is 0.338 e. The minimum Gasteiger partial charge on any atom is -0.338 e. The summed E-state index contributed by atoms with van der Waals surface area (Å²) in [6, 6.07) is 7.82. The second-order valence-corrected chi connectivity index (χ2v) is 8.92. The Morgan fingerprint density at radius 1 is 1.07 bits per heavy atom. The number of amides is 3. The van der Waals surface area contributed by atoms with Crippen LogP contribution in [0.3, 0.4) is 0 Å². The molecule has 0 spiro atoms. The summed E-state index contributed by atoms with van der Waals surface area (Å²) in [6.07, 6.45) is 0.847. The van der Waals surface area contributed by atoms with Crippen LogP contribution in [0.1, 0.15) is 20.3 Å². The number of nitrogens with one attached hydrogen (secondary N) is 2. The van der Waals surface area contributed by atoms with Gasteiger partial charge in [-0.3, -0.25) is 15.0 Å². The highest BCUT2D eigenvalue weighted by molar-refractivity contribution is 7.89. The predicted molar refractivity (Wildman–Crippen MR) is 103 cm³/mol. The van der Waals surface area contributed by atoms with Crippen LogP contribution in [-0.4, -0.2) is 68.8 Å². The zero-order chi connectivity index (χ0) is 19.9. The Kier molecular flexibility index (Phi) is 7.76. The molecule has 9 heteroatoms. The van der Waals surface area contributed by atoms with Gasteiger partial charge in [-0.15, -0.1) is 0 Å². The quantitative estimate of drug-likeness (QED) is 0.712. The third kappa shape index (κ3) is 6.60. The van der Waals surface area contributed by atoms with Gasteiger partial charge in [-0.05, 0) is 24.5 Å². The Balaban J connectivity index is 1.76. The Labute approximate surface area is 161 Å². The summed E-state index contributed by atoms with van der Waals surface area (Å²) in [6.45, 7) is 6.20. The van der Waals surface area contributed by atoms with E-state index in [2.05, 4.69) is 24.5 Å². The van der Waals surface area contributed by atoms with E-state index in [-0.39, 0.29) is 11.4 Å². The number of nitrogens with zero attached hydrogens (tertiary/aromatic N) is 2. The van der Waals surface area contributed by atoms with Crippen molar-refractivity contribution in [1.82, 2.24) is 19.8 Å². The van der Waals surface area contributed by atoms with Gasteiger partial charge < -0.3 is 5.32 Å². The average molecular weight is 397 g/mol. The molecule has 3 amide bonds. The van der Waals surface area contributed by atoms with Gasteiger partial charge in [0.1, 0.15) is 0 Å². The van der Waals surface area contributed by atoms with Crippen molar-refractivity contribution in [2.24, 2.45) is 5.92 Å². The number of imide groups is 1. The zero-order valence-corrected chi connectivity index (χ0v) is 16.7. The van der Waals surface area contributed by atoms with Gasteiger partial charge >= 0.3 is 6.03 Å². The van der Waals surface area contributed by atoms with E-state index in [9.17, 15) is 18.0 Å². The number of carbonyl (C=O) groups excluding carboxylic acids is 2. The fourth-order valence-corrected chi connectivity index (χ4v) is 4.20. The van der Waals surface area contributed by atoms with Gasteiger partial charge in [-0.1, -0.05) is 32.0 Å². The van der Waals surface area contributed by atoms with Crippen molar-refractivity contribution in [3.8, 4) is 0 Å². The lowest BCUT2D eigenvalue weighted by Crippen LogP contribution is -2.52. The molecular formula is C18H28N4O4S. The molecule has 0 unspecified atom stereocenters. The monoisotopic (exact) mass is 396 g/mol. The number of hydrogen-bond donors (Lipinski definition) is 2.